The van der Waals surface area contributed by atoms with Crippen LogP contribution in [-0.4, -0.2) is 28.8 Å². The number of thioether (sulfide) groups is 1. The van der Waals surface area contributed by atoms with Gasteiger partial charge in [0, 0.05) is 12.7 Å². The summed E-state index contributed by atoms with van der Waals surface area (Å²) < 4.78 is 29.5. The number of benzene rings is 1. The Morgan fingerprint density at radius 3 is 2.69 bits per heavy atom. The van der Waals surface area contributed by atoms with Gasteiger partial charge in [0.1, 0.15) is 5.82 Å². The normalized spacial score (nSPS) is 16.3. The summed E-state index contributed by atoms with van der Waals surface area (Å²) in [7, 11) is -2.86. The van der Waals surface area contributed by atoms with Crippen LogP contribution in [0.4, 0.5) is 4.39 Å². The Morgan fingerprint density at radius 1 is 1.19 bits per heavy atom. The second-order valence-corrected chi connectivity index (χ2v) is 10.4. The van der Waals surface area contributed by atoms with Gasteiger partial charge < -0.3 is 14.7 Å². The molecule has 0 radical (unpaired) electrons. The average molecular weight is 481 g/mol. The topological polar surface area (TPSA) is 71.5 Å². The van der Waals surface area contributed by atoms with E-state index in [2.05, 4.69) is 45.2 Å². The van der Waals surface area contributed by atoms with Crippen molar-refractivity contribution < 1.29 is 18.4 Å². The molecule has 2 N–H and O–H groups in total. The Morgan fingerprint density at radius 2 is 1.97 bits per heavy atom. The van der Waals surface area contributed by atoms with Gasteiger partial charge in [-0.15, -0.1) is 11.8 Å². The van der Waals surface area contributed by atoms with Crippen molar-refractivity contribution >= 4 is 20.0 Å². The highest BCUT2D eigenvalue weighted by Crippen LogP contribution is 2.44. The van der Waals surface area contributed by atoms with Gasteiger partial charge in [-0.25, -0.2) is 4.39 Å². The number of nitrogens with zero attached hydrogens (tertiary/aromatic N) is 1. The minimum Gasteiger partial charge on any atom is -0.326 e. The maximum absolute atomic E-state index is 14.4. The first kappa shape index (κ1) is 25.4. The molecule has 176 valence electrons. The van der Waals surface area contributed by atoms with Gasteiger partial charge in [-0.05, 0) is 61.4 Å². The molecule has 1 aromatic heterocycles. The van der Waals surface area contributed by atoms with Gasteiger partial charge in [0.15, 0.2) is 0 Å². The van der Waals surface area contributed by atoms with Gasteiger partial charge in [-0.2, -0.15) is 0 Å². The number of rotatable bonds is 14. The lowest BCUT2D eigenvalue weighted by Gasteiger charge is -2.30. The molecule has 1 heterocycles. The number of nitrogens with one attached hydrogen (secondary N) is 1. The van der Waals surface area contributed by atoms with Crippen LogP contribution in [-0.2, 0) is 21.0 Å². The highest BCUT2D eigenvalue weighted by molar-refractivity contribution is 7.99. The van der Waals surface area contributed by atoms with E-state index in [4.69, 9.17) is 4.89 Å². The molecule has 1 saturated carbocycles. The van der Waals surface area contributed by atoms with E-state index >= 15 is 0 Å². The highest BCUT2D eigenvalue weighted by atomic mass is 32.2. The van der Waals surface area contributed by atoms with E-state index in [0.717, 1.165) is 18.6 Å². The van der Waals surface area contributed by atoms with Gasteiger partial charge in [-0.1, -0.05) is 49.6 Å². The van der Waals surface area contributed by atoms with Gasteiger partial charge >= 0.3 is 8.25 Å². The molecular formula is C24H34FN2O3PS. The molecule has 8 heteroatoms. The first-order valence-electron chi connectivity index (χ1n) is 11.5. The van der Waals surface area contributed by atoms with Crippen molar-refractivity contribution in [3.05, 3.63) is 59.7 Å². The van der Waals surface area contributed by atoms with E-state index in [1.54, 1.807) is 18.0 Å². The van der Waals surface area contributed by atoms with Gasteiger partial charge in [0.05, 0.1) is 17.2 Å². The minimum absolute atomic E-state index is 0.222. The Kier molecular flexibility index (Phi) is 10.7. The van der Waals surface area contributed by atoms with E-state index in [-0.39, 0.29) is 12.4 Å². The molecule has 1 atom stereocenters. The molecule has 32 heavy (non-hydrogen) atoms. The third-order valence-corrected chi connectivity index (χ3v) is 7.72. The average Bonchev–Trinajstić information content (AvgIpc) is 3.28. The fourth-order valence-corrected chi connectivity index (χ4v) is 5.72. The fraction of sp³-hybridized carbons (Fsp3) is 0.542. The van der Waals surface area contributed by atoms with Gasteiger partial charge in [-0.3, -0.25) is 9.55 Å². The molecule has 1 aliphatic rings. The maximum Gasteiger partial charge on any atom is 0.316 e. The van der Waals surface area contributed by atoms with Crippen LogP contribution in [0.15, 0.2) is 47.5 Å². The fourth-order valence-electron chi connectivity index (χ4n) is 4.51. The van der Waals surface area contributed by atoms with Crippen LogP contribution < -0.4 is 5.32 Å². The molecule has 0 saturated heterocycles. The van der Waals surface area contributed by atoms with Crippen molar-refractivity contribution in [1.29, 1.82) is 0 Å². The molecule has 1 aliphatic carbocycles. The predicted octanol–water partition coefficient (Wildman–Crippen LogP) is 5.87. The lowest BCUT2D eigenvalue weighted by molar-refractivity contribution is 0.276. The summed E-state index contributed by atoms with van der Waals surface area (Å²) in [5.41, 5.74) is 2.48. The van der Waals surface area contributed by atoms with Crippen molar-refractivity contribution in [3.8, 4) is 0 Å². The summed E-state index contributed by atoms with van der Waals surface area (Å²) >= 11 is 1.55. The van der Waals surface area contributed by atoms with Crippen LogP contribution in [0, 0.1) is 5.82 Å². The lowest BCUT2D eigenvalue weighted by atomic mass is 9.75. The second-order valence-electron chi connectivity index (χ2n) is 8.41. The van der Waals surface area contributed by atoms with E-state index in [9.17, 15) is 8.96 Å². The van der Waals surface area contributed by atoms with Crippen molar-refractivity contribution in [3.63, 3.8) is 0 Å². The van der Waals surface area contributed by atoms with Crippen molar-refractivity contribution in [2.75, 3.05) is 18.9 Å². The smallest absolute Gasteiger partial charge is 0.316 e. The number of halogens is 1. The Balaban J connectivity index is 1.36. The Labute approximate surface area is 195 Å². The van der Waals surface area contributed by atoms with E-state index in [0.29, 0.717) is 35.5 Å². The molecule has 1 unspecified atom stereocenters. The zero-order valence-corrected chi connectivity index (χ0v) is 20.3. The number of aromatic nitrogens is 1. The first-order chi connectivity index (χ1) is 15.6. The summed E-state index contributed by atoms with van der Waals surface area (Å²) in [6.07, 6.45) is 10.9. The molecule has 3 rings (SSSR count). The second kappa shape index (κ2) is 13.5. The SMILES string of the molecule is O=[PH](O)OCCCNCc1cc(F)c(SCCCCC2(c3ccccc3)CCCC2)cn1. The molecule has 0 aliphatic heterocycles. The van der Waals surface area contributed by atoms with E-state index in [1.165, 1.54) is 43.7 Å². The summed E-state index contributed by atoms with van der Waals surface area (Å²) in [5, 5.41) is 3.14. The van der Waals surface area contributed by atoms with Crippen molar-refractivity contribution in [2.24, 2.45) is 0 Å². The molecule has 0 amide bonds. The predicted molar refractivity (Wildman–Crippen MR) is 129 cm³/mol. The molecule has 0 bridgehead atoms. The van der Waals surface area contributed by atoms with Crippen LogP contribution in [0.3, 0.4) is 0 Å². The number of pyridine rings is 1. The highest BCUT2D eigenvalue weighted by Gasteiger charge is 2.34. The Hall–Kier alpha value is -1.24. The zero-order valence-electron chi connectivity index (χ0n) is 18.5. The Bertz CT molecular complexity index is 850. The van der Waals surface area contributed by atoms with Crippen LogP contribution in [0.2, 0.25) is 0 Å². The lowest BCUT2D eigenvalue weighted by Crippen LogP contribution is -2.21. The molecule has 1 fully saturated rings. The largest absolute Gasteiger partial charge is 0.326 e. The molecule has 2 aromatic rings. The number of hydrogen-bond acceptors (Lipinski definition) is 5. The van der Waals surface area contributed by atoms with Crippen LogP contribution in [0.1, 0.15) is 62.6 Å². The van der Waals surface area contributed by atoms with E-state index in [1.807, 2.05) is 0 Å². The van der Waals surface area contributed by atoms with Crippen LogP contribution in [0.5, 0.6) is 0 Å². The van der Waals surface area contributed by atoms with Gasteiger partial charge in [0.2, 0.25) is 0 Å². The van der Waals surface area contributed by atoms with Gasteiger partial charge in [0.25, 0.3) is 0 Å². The third-order valence-electron chi connectivity index (χ3n) is 6.16. The monoisotopic (exact) mass is 480 g/mol. The number of unbranched alkanes of at least 4 members (excludes halogenated alkanes) is 1. The summed E-state index contributed by atoms with van der Waals surface area (Å²) in [4.78, 5) is 13.6. The summed E-state index contributed by atoms with van der Waals surface area (Å²) in [6.45, 7) is 1.29. The molecule has 1 aromatic carbocycles. The first-order valence-corrected chi connectivity index (χ1v) is 13.7. The minimum atomic E-state index is -2.86. The summed E-state index contributed by atoms with van der Waals surface area (Å²) in [6, 6.07) is 12.4. The zero-order chi connectivity index (χ0) is 22.7. The molecule has 0 spiro atoms. The molecule has 5 nitrogen and oxygen atoms in total. The quantitative estimate of drug-likeness (QED) is 0.200. The van der Waals surface area contributed by atoms with Crippen LogP contribution >= 0.6 is 20.0 Å². The summed E-state index contributed by atoms with van der Waals surface area (Å²) in [5.74, 6) is 0.676. The molecular weight excluding hydrogens is 446 g/mol. The van der Waals surface area contributed by atoms with E-state index < -0.39 is 8.25 Å². The third kappa shape index (κ3) is 7.96. The maximum atomic E-state index is 14.4. The van der Waals surface area contributed by atoms with Crippen LogP contribution in [0.25, 0.3) is 0 Å². The van der Waals surface area contributed by atoms with Crippen molar-refractivity contribution in [2.45, 2.75) is 68.2 Å². The van der Waals surface area contributed by atoms with Crippen molar-refractivity contribution in [1.82, 2.24) is 10.3 Å². The number of hydrogen-bond donors (Lipinski definition) is 2. The standard InChI is InChI=1S/C24H34FN2O3PS/c25-22-17-21(18-26-14-8-15-30-31(28)29)27-19-23(22)32-16-7-6-13-24(11-4-5-12-24)20-9-2-1-3-10-20/h1-3,9-10,17,19,26,31H,4-8,11-16,18H2,(H,28,29).